The number of ether oxygens (including phenoxy) is 1. The second kappa shape index (κ2) is 11.0. The molecule has 11 heteroatoms. The van der Waals surface area contributed by atoms with Crippen LogP contribution >= 0.6 is 7.81 Å². The number of aromatic nitrogens is 1. The molecule has 1 unspecified atom stereocenters. The van der Waals surface area contributed by atoms with Crippen LogP contribution in [0.25, 0.3) is 32.4 Å². The van der Waals surface area contributed by atoms with Crippen LogP contribution in [0.15, 0.2) is 91.1 Å². The summed E-state index contributed by atoms with van der Waals surface area (Å²) >= 11 is 0. The molecule has 0 amide bonds. The fraction of sp³-hybridized carbons (Fsp3) is 0.294. The van der Waals surface area contributed by atoms with E-state index >= 15 is 0 Å². The third kappa shape index (κ3) is 7.23. The molecule has 3 aliphatic rings. The van der Waals surface area contributed by atoms with Crippen LogP contribution in [0.2, 0.25) is 0 Å². The Morgan fingerprint density at radius 3 is 2.04 bits per heavy atom. The summed E-state index contributed by atoms with van der Waals surface area (Å²) in [5.41, 5.74) is 2.69. The van der Waals surface area contributed by atoms with Gasteiger partial charge >= 0.3 is 39.0 Å². The summed E-state index contributed by atoms with van der Waals surface area (Å²) in [5, 5.41) is 5.07. The molecule has 4 nitrogen and oxygen atoms in total. The van der Waals surface area contributed by atoms with E-state index in [1.165, 1.54) is 19.4 Å². The Hall–Kier alpha value is -3.75. The Morgan fingerprint density at radius 1 is 0.889 bits per heavy atom. The summed E-state index contributed by atoms with van der Waals surface area (Å²) in [5.74, 6) is 1.23. The topological polar surface area (TPSA) is 43.6 Å². The molecule has 3 saturated heterocycles. The number of nitrogens with one attached hydrogen (secondary N) is 1. The Morgan fingerprint density at radius 2 is 1.47 bits per heavy atom. The van der Waals surface area contributed by atoms with Crippen molar-refractivity contribution in [1.29, 1.82) is 0 Å². The van der Waals surface area contributed by atoms with E-state index in [0.717, 1.165) is 56.9 Å². The Kier molecular flexibility index (Phi) is 7.60. The molecule has 4 aromatic carbocycles. The minimum absolute atomic E-state index is 0.238. The summed E-state index contributed by atoms with van der Waals surface area (Å²) in [6, 6.07) is 29.0. The number of rotatable bonds is 5. The van der Waals surface area contributed by atoms with E-state index in [0.29, 0.717) is 11.5 Å². The number of hydrogen-bond acceptors (Lipinski definition) is 3. The van der Waals surface area contributed by atoms with Crippen molar-refractivity contribution in [2.45, 2.75) is 38.3 Å². The summed E-state index contributed by atoms with van der Waals surface area (Å²) in [4.78, 5) is 20.5. The molecule has 5 atom stereocenters. The molecular weight excluding hydrogens is 613 g/mol. The first-order valence-corrected chi connectivity index (χ1v) is 17.0. The number of halogens is 6. The van der Waals surface area contributed by atoms with Crippen molar-refractivity contribution in [2.24, 2.45) is 11.8 Å². The molecule has 0 saturated carbocycles. The third-order valence-corrected chi connectivity index (χ3v) is 9.20. The number of benzene rings is 4. The number of nitrogens with zero attached hydrogens (tertiary/aromatic N) is 1. The molecule has 45 heavy (non-hydrogen) atoms. The van der Waals surface area contributed by atoms with Crippen molar-refractivity contribution in [2.75, 3.05) is 13.1 Å². The molecule has 8 rings (SSSR count). The monoisotopic (exact) mass is 646 g/mol. The summed E-state index contributed by atoms with van der Waals surface area (Å²) < 4.78 is 65.9. The molecule has 0 spiro atoms. The predicted molar refractivity (Wildman–Crippen MR) is 166 cm³/mol. The van der Waals surface area contributed by atoms with Gasteiger partial charge in [-0.05, 0) is 52.1 Å². The van der Waals surface area contributed by atoms with Gasteiger partial charge in [-0.15, -0.1) is 0 Å². The van der Waals surface area contributed by atoms with Crippen LogP contribution < -0.4 is 4.90 Å². The van der Waals surface area contributed by atoms with Crippen molar-refractivity contribution in [3.8, 4) is 0 Å². The van der Waals surface area contributed by atoms with E-state index in [2.05, 4.69) is 48.3 Å². The van der Waals surface area contributed by atoms with Crippen LogP contribution in [-0.4, -0.2) is 30.1 Å². The fourth-order valence-electron chi connectivity index (χ4n) is 7.30. The van der Waals surface area contributed by atoms with Crippen LogP contribution in [0.1, 0.15) is 48.2 Å². The number of hydrogen-bond donors (Lipinski definition) is 1. The number of carbonyl (C=O) groups excluding carboxylic acids is 1. The zero-order valence-electron chi connectivity index (χ0n) is 24.5. The van der Waals surface area contributed by atoms with Crippen LogP contribution in [0.3, 0.4) is 0 Å². The minimum atomic E-state index is -10.7. The van der Waals surface area contributed by atoms with Crippen LogP contribution in [0.4, 0.5) is 25.2 Å². The van der Waals surface area contributed by atoms with Crippen molar-refractivity contribution in [3.63, 3.8) is 0 Å². The average Bonchev–Trinajstić information content (AvgIpc) is 3.00. The molecule has 0 aliphatic carbocycles. The van der Waals surface area contributed by atoms with Gasteiger partial charge in [-0.3, -0.25) is 4.98 Å². The van der Waals surface area contributed by atoms with E-state index < -0.39 is 7.81 Å². The average molecular weight is 647 g/mol. The molecule has 3 aliphatic heterocycles. The van der Waals surface area contributed by atoms with Gasteiger partial charge < -0.3 is 9.64 Å². The van der Waals surface area contributed by atoms with Gasteiger partial charge in [0.15, 0.2) is 6.10 Å². The number of fused-ring (bicyclic) bond motifs is 6. The Balaban J connectivity index is 0.000000460. The van der Waals surface area contributed by atoms with E-state index in [1.807, 2.05) is 54.7 Å². The second-order valence-corrected chi connectivity index (χ2v) is 14.0. The molecule has 0 radical (unpaired) electrons. The van der Waals surface area contributed by atoms with Gasteiger partial charge in [0.25, 0.3) is 0 Å². The van der Waals surface area contributed by atoms with Gasteiger partial charge in [-0.25, -0.2) is 4.79 Å². The fourth-order valence-corrected chi connectivity index (χ4v) is 7.30. The number of piperidine rings is 3. The van der Waals surface area contributed by atoms with E-state index in [-0.39, 0.29) is 18.1 Å². The first-order chi connectivity index (χ1) is 21.2. The van der Waals surface area contributed by atoms with Crippen molar-refractivity contribution < 1.29 is 39.6 Å². The number of esters is 1. The quantitative estimate of drug-likeness (QED) is 0.0896. The Bertz CT molecular complexity index is 1830. The van der Waals surface area contributed by atoms with Crippen LogP contribution in [-0.2, 0) is 4.74 Å². The molecule has 5 aromatic rings. The summed E-state index contributed by atoms with van der Waals surface area (Å²) in [6.07, 6.45) is 5.14. The van der Waals surface area contributed by atoms with Crippen molar-refractivity contribution in [3.05, 3.63) is 102 Å². The van der Waals surface area contributed by atoms with Gasteiger partial charge in [0.05, 0.1) is 24.2 Å². The van der Waals surface area contributed by atoms with E-state index in [1.54, 1.807) is 4.90 Å². The molecule has 238 valence electrons. The molecule has 1 N–H and O–H groups in total. The molecule has 1 aromatic heterocycles. The van der Waals surface area contributed by atoms with E-state index in [4.69, 9.17) is 4.74 Å². The number of para-hydroxylation sites is 1. The zero-order chi connectivity index (χ0) is 32.0. The van der Waals surface area contributed by atoms with Crippen LogP contribution in [0, 0.1) is 11.8 Å². The summed E-state index contributed by atoms with van der Waals surface area (Å²) in [7, 11) is -10.7. The maximum atomic E-state index is 14.3. The molecule has 2 bridgehead atoms. The second-order valence-electron chi connectivity index (χ2n) is 12.1. The van der Waals surface area contributed by atoms with Crippen molar-refractivity contribution >= 4 is 46.2 Å². The van der Waals surface area contributed by atoms with Crippen LogP contribution in [0.5, 0.6) is 0 Å². The zero-order valence-corrected chi connectivity index (χ0v) is 25.4. The van der Waals surface area contributed by atoms with Gasteiger partial charge in [0.1, 0.15) is 6.04 Å². The summed E-state index contributed by atoms with van der Waals surface area (Å²) in [6.45, 7) is 4.64. The molecular formula is C34H33F6N2O2P. The number of carbonyl (C=O) groups is 1. The number of quaternary nitrogens is 1. The third-order valence-electron chi connectivity index (χ3n) is 9.20. The first-order valence-electron chi connectivity index (χ1n) is 15.0. The van der Waals surface area contributed by atoms with Gasteiger partial charge in [0.2, 0.25) is 0 Å². The SMILES string of the molecule is CC[C@H]1C[NH+]2CC[C@H]1C[C@@H]2[C@@H](OC(=O)c1c2ccccc2cc2ccccc12)c1ccnc2ccccc12.F[P-](F)(F)(F)(F)F. The molecule has 4 heterocycles. The maximum absolute atomic E-state index is 14.3. The number of pyridine rings is 1. The van der Waals surface area contributed by atoms with Gasteiger partial charge in [-0.2, -0.15) is 0 Å². The Labute approximate surface area is 256 Å². The van der Waals surface area contributed by atoms with Gasteiger partial charge in [-0.1, -0.05) is 73.7 Å². The standard InChI is InChI=1S/C34H32N2O2.F6P/c1-2-22-21-36-18-16-23(22)20-31(36)33(29-15-17-35-30-14-8-7-13-28(29)30)38-34(37)32-26-11-5-3-9-24(26)19-25-10-4-6-12-27(25)32;1-7(2,3,4,5)6/h3-15,17,19,22-23,31,33H,2,16,18,20-21H2,1H3;/q;-1/p+1/t22-,23-,31+,33-;/m0./s1. The van der Waals surface area contributed by atoms with Crippen molar-refractivity contribution in [1.82, 2.24) is 4.98 Å². The van der Waals surface area contributed by atoms with E-state index in [9.17, 15) is 30.0 Å². The van der Waals surface area contributed by atoms with Gasteiger partial charge in [0, 0.05) is 35.9 Å². The first kappa shape index (κ1) is 31.2. The predicted octanol–water partition coefficient (Wildman–Crippen LogP) is 9.52. The molecule has 3 fully saturated rings. The normalized spacial score (nSPS) is 23.5.